The Kier molecular flexibility index (Phi) is 6.22. The van der Waals surface area contributed by atoms with Gasteiger partial charge in [-0.3, -0.25) is 10.1 Å². The molecule has 0 fully saturated rings. The van der Waals surface area contributed by atoms with Gasteiger partial charge in [0, 0.05) is 20.6 Å². The van der Waals surface area contributed by atoms with Crippen LogP contribution in [0.1, 0.15) is 18.7 Å². The molecule has 1 rings (SSSR count). The monoisotopic (exact) mass is 301 g/mol. The highest BCUT2D eigenvalue weighted by Crippen LogP contribution is 2.30. The second-order valence-electron chi connectivity index (χ2n) is 4.95. The number of nitrogens with zero attached hydrogens (tertiary/aromatic N) is 2. The molecule has 0 aliphatic heterocycles. The van der Waals surface area contributed by atoms with Crippen molar-refractivity contribution in [3.05, 3.63) is 4.88 Å². The van der Waals surface area contributed by atoms with Gasteiger partial charge in [-0.1, -0.05) is 25.2 Å². The van der Waals surface area contributed by atoms with E-state index in [1.54, 1.807) is 18.4 Å². The second kappa shape index (κ2) is 7.44. The molecular weight excluding hydrogens is 278 g/mol. The maximum Gasteiger partial charge on any atom is 0.323 e. The zero-order chi connectivity index (χ0) is 15.3. The number of carbonyl (C=O) groups excluding carboxylic acids is 1. The van der Waals surface area contributed by atoms with Gasteiger partial charge in [0.1, 0.15) is 6.04 Å². The summed E-state index contributed by atoms with van der Waals surface area (Å²) in [5, 5.41) is 4.08. The largest absolute Gasteiger partial charge is 0.480 e. The lowest BCUT2D eigenvalue weighted by molar-refractivity contribution is -0.144. The predicted molar refractivity (Wildman–Crippen MR) is 80.5 cm³/mol. The molecule has 0 bridgehead atoms. The van der Waals surface area contributed by atoms with Gasteiger partial charge in [-0.25, -0.2) is 0 Å². The van der Waals surface area contributed by atoms with E-state index in [2.05, 4.69) is 10.3 Å². The van der Waals surface area contributed by atoms with Gasteiger partial charge < -0.3 is 14.4 Å². The molecule has 1 aromatic rings. The van der Waals surface area contributed by atoms with E-state index in [1.165, 1.54) is 7.11 Å². The number of aromatic nitrogens is 1. The molecule has 0 aromatic carbocycles. The highest BCUT2D eigenvalue weighted by molar-refractivity contribution is 7.15. The van der Waals surface area contributed by atoms with Crippen molar-refractivity contribution in [1.82, 2.24) is 10.3 Å². The highest BCUT2D eigenvalue weighted by atomic mass is 32.1. The van der Waals surface area contributed by atoms with Crippen LogP contribution in [0.5, 0.6) is 5.88 Å². The zero-order valence-corrected chi connectivity index (χ0v) is 13.7. The molecule has 1 atom stereocenters. The third-order valence-electron chi connectivity index (χ3n) is 2.83. The number of anilines is 1. The van der Waals surface area contributed by atoms with Gasteiger partial charge in [0.2, 0.25) is 5.88 Å². The minimum atomic E-state index is -0.338. The Morgan fingerprint density at radius 2 is 2.05 bits per heavy atom. The average Bonchev–Trinajstić information content (AvgIpc) is 2.81. The minimum absolute atomic E-state index is 0.148. The van der Waals surface area contributed by atoms with E-state index in [0.717, 1.165) is 10.0 Å². The fraction of sp³-hybridized carbons (Fsp3) is 0.692. The Bertz CT molecular complexity index is 446. The number of esters is 1. The SMILES string of the molecule is COC(=O)C(NCc1sc(N(C)C)nc1OC)C(C)C. The van der Waals surface area contributed by atoms with Crippen LogP contribution in [0.4, 0.5) is 5.13 Å². The molecule has 0 saturated heterocycles. The molecular formula is C13H23N3O3S. The summed E-state index contributed by atoms with van der Waals surface area (Å²) < 4.78 is 10.1. The lowest BCUT2D eigenvalue weighted by atomic mass is 10.0. The maximum absolute atomic E-state index is 11.7. The summed E-state index contributed by atoms with van der Waals surface area (Å²) in [4.78, 5) is 19.0. The van der Waals surface area contributed by atoms with Crippen LogP contribution in [-0.2, 0) is 16.1 Å². The number of hydrogen-bond donors (Lipinski definition) is 1. The fourth-order valence-corrected chi connectivity index (χ4v) is 2.61. The van der Waals surface area contributed by atoms with Crippen LogP contribution < -0.4 is 15.0 Å². The molecule has 114 valence electrons. The van der Waals surface area contributed by atoms with E-state index < -0.39 is 0 Å². The summed E-state index contributed by atoms with van der Waals surface area (Å²) >= 11 is 1.54. The van der Waals surface area contributed by atoms with E-state index in [1.807, 2.05) is 32.8 Å². The van der Waals surface area contributed by atoms with Crippen molar-refractivity contribution in [1.29, 1.82) is 0 Å². The first-order chi connectivity index (χ1) is 9.40. The standard InChI is InChI=1S/C13H23N3O3S/c1-8(2)10(12(17)19-6)14-7-9-11(18-5)15-13(20-9)16(3)4/h8,10,14H,7H2,1-6H3. The van der Waals surface area contributed by atoms with Crippen molar-refractivity contribution < 1.29 is 14.3 Å². The highest BCUT2D eigenvalue weighted by Gasteiger charge is 2.23. The molecule has 1 unspecified atom stereocenters. The van der Waals surface area contributed by atoms with E-state index >= 15 is 0 Å². The zero-order valence-electron chi connectivity index (χ0n) is 12.9. The van der Waals surface area contributed by atoms with Crippen LogP contribution in [0.25, 0.3) is 0 Å². The van der Waals surface area contributed by atoms with Crippen LogP contribution in [0.15, 0.2) is 0 Å². The van der Waals surface area contributed by atoms with E-state index in [-0.39, 0.29) is 17.9 Å². The van der Waals surface area contributed by atoms with E-state index in [0.29, 0.717) is 12.4 Å². The van der Waals surface area contributed by atoms with Gasteiger partial charge in [0.05, 0.1) is 19.1 Å². The van der Waals surface area contributed by atoms with Crippen LogP contribution in [-0.4, -0.2) is 45.3 Å². The van der Waals surface area contributed by atoms with Gasteiger partial charge in [-0.05, 0) is 5.92 Å². The summed E-state index contributed by atoms with van der Waals surface area (Å²) in [5.41, 5.74) is 0. The lowest BCUT2D eigenvalue weighted by Crippen LogP contribution is -2.41. The first-order valence-electron chi connectivity index (χ1n) is 6.42. The molecule has 7 heteroatoms. The summed E-state index contributed by atoms with van der Waals surface area (Å²) in [5.74, 6) is 0.490. The normalized spacial score (nSPS) is 12.3. The smallest absolute Gasteiger partial charge is 0.323 e. The number of carbonyl (C=O) groups is 1. The van der Waals surface area contributed by atoms with Crippen molar-refractivity contribution in [3.63, 3.8) is 0 Å². The molecule has 0 radical (unpaired) electrons. The Labute approximate surface area is 124 Å². The molecule has 1 N–H and O–H groups in total. The van der Waals surface area contributed by atoms with Crippen molar-refractivity contribution in [2.45, 2.75) is 26.4 Å². The Balaban J connectivity index is 2.79. The van der Waals surface area contributed by atoms with Gasteiger partial charge >= 0.3 is 5.97 Å². The Hall–Kier alpha value is -1.34. The number of ether oxygens (including phenoxy) is 2. The molecule has 1 heterocycles. The Morgan fingerprint density at radius 1 is 1.40 bits per heavy atom. The van der Waals surface area contributed by atoms with E-state index in [9.17, 15) is 4.79 Å². The molecule has 6 nitrogen and oxygen atoms in total. The van der Waals surface area contributed by atoms with Crippen molar-refractivity contribution in [3.8, 4) is 5.88 Å². The molecule has 0 spiro atoms. The lowest BCUT2D eigenvalue weighted by Gasteiger charge is -2.19. The minimum Gasteiger partial charge on any atom is -0.480 e. The Morgan fingerprint density at radius 3 is 2.50 bits per heavy atom. The topological polar surface area (TPSA) is 63.7 Å². The summed E-state index contributed by atoms with van der Waals surface area (Å²) in [7, 11) is 6.86. The van der Waals surface area contributed by atoms with Gasteiger partial charge in [0.25, 0.3) is 0 Å². The number of rotatable bonds is 7. The van der Waals surface area contributed by atoms with Crippen LogP contribution >= 0.6 is 11.3 Å². The molecule has 0 saturated carbocycles. The third-order valence-corrected chi connectivity index (χ3v) is 4.03. The van der Waals surface area contributed by atoms with Crippen LogP contribution in [0.3, 0.4) is 0 Å². The van der Waals surface area contributed by atoms with Gasteiger partial charge in [-0.2, -0.15) is 4.98 Å². The number of hydrogen-bond acceptors (Lipinski definition) is 7. The predicted octanol–water partition coefficient (Wildman–Crippen LogP) is 1.50. The summed E-state index contributed by atoms with van der Waals surface area (Å²) in [6.45, 7) is 4.47. The third kappa shape index (κ3) is 4.08. The van der Waals surface area contributed by atoms with E-state index in [4.69, 9.17) is 9.47 Å². The van der Waals surface area contributed by atoms with Gasteiger partial charge in [0.15, 0.2) is 5.13 Å². The van der Waals surface area contributed by atoms with Gasteiger partial charge in [-0.15, -0.1) is 0 Å². The first-order valence-corrected chi connectivity index (χ1v) is 7.24. The van der Waals surface area contributed by atoms with Crippen molar-refractivity contribution >= 4 is 22.4 Å². The fourth-order valence-electron chi connectivity index (χ4n) is 1.71. The second-order valence-corrected chi connectivity index (χ2v) is 6.01. The molecule has 0 aliphatic carbocycles. The summed E-state index contributed by atoms with van der Waals surface area (Å²) in [6, 6.07) is -0.338. The number of nitrogens with one attached hydrogen (secondary N) is 1. The molecule has 0 aliphatic rings. The molecule has 1 aromatic heterocycles. The van der Waals surface area contributed by atoms with Crippen molar-refractivity contribution in [2.24, 2.45) is 5.92 Å². The summed E-state index contributed by atoms with van der Waals surface area (Å²) in [6.07, 6.45) is 0. The quantitative estimate of drug-likeness (QED) is 0.770. The molecule has 0 amide bonds. The van der Waals surface area contributed by atoms with Crippen molar-refractivity contribution in [2.75, 3.05) is 33.2 Å². The first kappa shape index (κ1) is 16.7. The maximum atomic E-state index is 11.7. The van der Waals surface area contributed by atoms with Crippen LogP contribution in [0.2, 0.25) is 0 Å². The average molecular weight is 301 g/mol. The number of methoxy groups -OCH3 is 2. The number of thiazole rings is 1. The van der Waals surface area contributed by atoms with Crippen LogP contribution in [0, 0.1) is 5.92 Å². The molecule has 20 heavy (non-hydrogen) atoms.